The number of thiazole rings is 1. The van der Waals surface area contributed by atoms with Gasteiger partial charge in [-0.3, -0.25) is 9.59 Å². The van der Waals surface area contributed by atoms with Crippen molar-refractivity contribution in [2.75, 3.05) is 18.4 Å². The van der Waals surface area contributed by atoms with Crippen LogP contribution in [-0.4, -0.2) is 34.8 Å². The minimum absolute atomic E-state index is 0.0634. The van der Waals surface area contributed by atoms with Gasteiger partial charge in [0, 0.05) is 18.3 Å². The molecule has 2 amide bonds. The lowest BCUT2D eigenvalue weighted by atomic mass is 10.1. The lowest BCUT2D eigenvalue weighted by Crippen LogP contribution is -2.37. The second kappa shape index (κ2) is 11.2. The van der Waals surface area contributed by atoms with Crippen LogP contribution in [0.15, 0.2) is 5.38 Å². The van der Waals surface area contributed by atoms with Crippen LogP contribution in [0.3, 0.4) is 0 Å². The van der Waals surface area contributed by atoms with Gasteiger partial charge in [0.25, 0.3) is 0 Å². The molecule has 0 aliphatic carbocycles. The van der Waals surface area contributed by atoms with Crippen LogP contribution in [0.4, 0.5) is 5.13 Å². The van der Waals surface area contributed by atoms with Crippen molar-refractivity contribution in [3.8, 4) is 0 Å². The quantitative estimate of drug-likeness (QED) is 0.620. The van der Waals surface area contributed by atoms with Gasteiger partial charge in [0.2, 0.25) is 11.8 Å². The molecule has 1 aromatic rings. The number of anilines is 1. The van der Waals surface area contributed by atoms with Gasteiger partial charge in [-0.2, -0.15) is 0 Å². The highest BCUT2D eigenvalue weighted by atomic mass is 32.1. The molecule has 0 spiro atoms. The molecule has 0 aliphatic rings. The van der Waals surface area contributed by atoms with E-state index in [4.69, 9.17) is 0 Å². The summed E-state index contributed by atoms with van der Waals surface area (Å²) in [5.41, 5.74) is 0.886. The molecule has 0 aromatic carbocycles. The first kappa shape index (κ1) is 19.6. The smallest absolute Gasteiger partial charge is 0.245 e. The maximum absolute atomic E-state index is 12.2. The summed E-state index contributed by atoms with van der Waals surface area (Å²) >= 11 is 1.40. The van der Waals surface area contributed by atoms with Gasteiger partial charge in [0.1, 0.15) is 0 Å². The van der Waals surface area contributed by atoms with Crippen molar-refractivity contribution >= 4 is 28.3 Å². The maximum Gasteiger partial charge on any atom is 0.245 e. The van der Waals surface area contributed by atoms with Crippen molar-refractivity contribution < 1.29 is 9.59 Å². The molecule has 0 atom stereocenters. The summed E-state index contributed by atoms with van der Waals surface area (Å²) in [5, 5.41) is 5.22. The van der Waals surface area contributed by atoms with Crippen LogP contribution in [-0.2, 0) is 9.59 Å². The molecule has 0 unspecified atom stereocenters. The number of likely N-dealkylation sites (N-methyl/N-ethyl adjacent to an activating group) is 1. The first-order chi connectivity index (χ1) is 11.1. The van der Waals surface area contributed by atoms with E-state index in [1.807, 2.05) is 19.2 Å². The van der Waals surface area contributed by atoms with E-state index in [0.717, 1.165) is 18.5 Å². The zero-order valence-electron chi connectivity index (χ0n) is 14.6. The van der Waals surface area contributed by atoms with Crippen LogP contribution in [0.1, 0.15) is 64.5 Å². The summed E-state index contributed by atoms with van der Waals surface area (Å²) in [7, 11) is 0. The molecule has 1 N–H and O–H groups in total. The molecule has 0 saturated carbocycles. The number of rotatable bonds is 11. The average Bonchev–Trinajstić information content (AvgIpc) is 2.93. The Balaban J connectivity index is 2.28. The van der Waals surface area contributed by atoms with Gasteiger partial charge in [0.05, 0.1) is 12.2 Å². The number of amides is 2. The fourth-order valence-corrected chi connectivity index (χ4v) is 3.04. The summed E-state index contributed by atoms with van der Waals surface area (Å²) < 4.78 is 0. The number of aryl methyl sites for hydroxylation is 1. The van der Waals surface area contributed by atoms with Gasteiger partial charge in [0.15, 0.2) is 5.13 Å². The first-order valence-corrected chi connectivity index (χ1v) is 9.44. The van der Waals surface area contributed by atoms with E-state index in [0.29, 0.717) is 18.1 Å². The number of carbonyl (C=O) groups excluding carboxylic acids is 2. The lowest BCUT2D eigenvalue weighted by Gasteiger charge is -2.20. The number of nitrogens with zero attached hydrogens (tertiary/aromatic N) is 2. The third kappa shape index (κ3) is 8.11. The normalized spacial score (nSPS) is 10.6. The molecule has 23 heavy (non-hydrogen) atoms. The predicted molar refractivity (Wildman–Crippen MR) is 95.7 cm³/mol. The molecule has 1 heterocycles. The lowest BCUT2D eigenvalue weighted by molar-refractivity contribution is -0.134. The van der Waals surface area contributed by atoms with Crippen molar-refractivity contribution in [3.05, 3.63) is 11.1 Å². The second-order valence-electron chi connectivity index (χ2n) is 5.77. The van der Waals surface area contributed by atoms with Crippen LogP contribution in [0.2, 0.25) is 0 Å². The molecule has 0 bridgehead atoms. The molecular formula is C17H29N3O2S. The van der Waals surface area contributed by atoms with Crippen LogP contribution in [0, 0.1) is 6.92 Å². The molecule has 0 radical (unpaired) electrons. The zero-order valence-corrected chi connectivity index (χ0v) is 15.4. The van der Waals surface area contributed by atoms with Gasteiger partial charge >= 0.3 is 0 Å². The highest BCUT2D eigenvalue weighted by Crippen LogP contribution is 2.14. The second-order valence-corrected chi connectivity index (χ2v) is 6.63. The molecule has 0 aliphatic heterocycles. The standard InChI is InChI=1S/C17H29N3O2S/c1-4-6-7-8-9-10-11-16(22)20(5-2)12-15(21)19-17-18-14(3)13-23-17/h13H,4-12H2,1-3H3,(H,18,19,21). The molecule has 0 saturated heterocycles. The minimum Gasteiger partial charge on any atom is -0.334 e. The van der Waals surface area contributed by atoms with Crippen molar-refractivity contribution in [2.45, 2.75) is 65.7 Å². The van der Waals surface area contributed by atoms with E-state index in [2.05, 4.69) is 17.2 Å². The summed E-state index contributed by atoms with van der Waals surface area (Å²) in [6, 6.07) is 0. The van der Waals surface area contributed by atoms with Crippen LogP contribution < -0.4 is 5.32 Å². The third-order valence-corrected chi connectivity index (χ3v) is 4.55. The summed E-state index contributed by atoms with van der Waals surface area (Å²) in [6.07, 6.45) is 7.47. The Morgan fingerprint density at radius 2 is 1.87 bits per heavy atom. The molecule has 6 heteroatoms. The highest BCUT2D eigenvalue weighted by Gasteiger charge is 2.15. The highest BCUT2D eigenvalue weighted by molar-refractivity contribution is 7.13. The fourth-order valence-electron chi connectivity index (χ4n) is 2.33. The average molecular weight is 340 g/mol. The summed E-state index contributed by atoms with van der Waals surface area (Å²) in [4.78, 5) is 30.0. The Kier molecular flexibility index (Phi) is 9.52. The third-order valence-electron chi connectivity index (χ3n) is 3.68. The van der Waals surface area contributed by atoms with Gasteiger partial charge in [-0.1, -0.05) is 39.0 Å². The van der Waals surface area contributed by atoms with Crippen molar-refractivity contribution in [3.63, 3.8) is 0 Å². The van der Waals surface area contributed by atoms with Crippen molar-refractivity contribution in [1.82, 2.24) is 9.88 Å². The Bertz CT molecular complexity index is 488. The number of carbonyl (C=O) groups is 2. The zero-order chi connectivity index (χ0) is 17.1. The topological polar surface area (TPSA) is 62.3 Å². The first-order valence-electron chi connectivity index (χ1n) is 8.56. The molecule has 1 aromatic heterocycles. The van der Waals surface area contributed by atoms with Crippen LogP contribution in [0.25, 0.3) is 0 Å². The van der Waals surface area contributed by atoms with E-state index in [-0.39, 0.29) is 18.4 Å². The number of hydrogen-bond acceptors (Lipinski definition) is 4. The molecule has 1 rings (SSSR count). The van der Waals surface area contributed by atoms with E-state index in [9.17, 15) is 9.59 Å². The Morgan fingerprint density at radius 1 is 1.17 bits per heavy atom. The number of aromatic nitrogens is 1. The largest absolute Gasteiger partial charge is 0.334 e. The Hall–Kier alpha value is -1.43. The van der Waals surface area contributed by atoms with Gasteiger partial charge in [-0.15, -0.1) is 11.3 Å². The van der Waals surface area contributed by atoms with Crippen LogP contribution in [0.5, 0.6) is 0 Å². The van der Waals surface area contributed by atoms with Crippen LogP contribution >= 0.6 is 11.3 Å². The molecule has 0 fully saturated rings. The summed E-state index contributed by atoms with van der Waals surface area (Å²) in [6.45, 7) is 6.64. The molecular weight excluding hydrogens is 310 g/mol. The number of unbranched alkanes of at least 4 members (excludes halogenated alkanes) is 5. The van der Waals surface area contributed by atoms with Gasteiger partial charge in [-0.05, 0) is 20.3 Å². The summed E-state index contributed by atoms with van der Waals surface area (Å²) in [5.74, 6) is -0.119. The van der Waals surface area contributed by atoms with Gasteiger partial charge in [-0.25, -0.2) is 4.98 Å². The minimum atomic E-state index is -0.183. The number of nitrogens with one attached hydrogen (secondary N) is 1. The Labute approximate surface area is 143 Å². The SMILES string of the molecule is CCCCCCCCC(=O)N(CC)CC(=O)Nc1nc(C)cs1. The van der Waals surface area contributed by atoms with Crippen molar-refractivity contribution in [2.24, 2.45) is 0 Å². The monoisotopic (exact) mass is 339 g/mol. The fraction of sp³-hybridized carbons (Fsp3) is 0.706. The van der Waals surface area contributed by atoms with E-state index >= 15 is 0 Å². The number of hydrogen-bond donors (Lipinski definition) is 1. The van der Waals surface area contributed by atoms with E-state index in [1.54, 1.807) is 4.90 Å². The predicted octanol–water partition coefficient (Wildman–Crippen LogP) is 3.99. The van der Waals surface area contributed by atoms with E-state index in [1.165, 1.54) is 37.0 Å². The Morgan fingerprint density at radius 3 is 2.48 bits per heavy atom. The van der Waals surface area contributed by atoms with Gasteiger partial charge < -0.3 is 10.2 Å². The van der Waals surface area contributed by atoms with E-state index < -0.39 is 0 Å². The molecule has 5 nitrogen and oxygen atoms in total. The maximum atomic E-state index is 12.2. The van der Waals surface area contributed by atoms with Crippen molar-refractivity contribution in [1.29, 1.82) is 0 Å². The molecule has 130 valence electrons.